The van der Waals surface area contributed by atoms with Crippen LogP contribution in [0.4, 0.5) is 0 Å². The summed E-state index contributed by atoms with van der Waals surface area (Å²) in [4.78, 5) is 0. The molecule has 0 unspecified atom stereocenters. The van der Waals surface area contributed by atoms with Crippen molar-refractivity contribution in [1.29, 1.82) is 0 Å². The molecule has 0 bridgehead atoms. The molecule has 1 aromatic rings. The summed E-state index contributed by atoms with van der Waals surface area (Å²) >= 11 is 0. The predicted molar refractivity (Wildman–Crippen MR) is 72.3 cm³/mol. The maximum absolute atomic E-state index is 5.56. The van der Waals surface area contributed by atoms with Crippen molar-refractivity contribution < 1.29 is 14.2 Å². The van der Waals surface area contributed by atoms with Gasteiger partial charge in [-0.15, -0.1) is 6.58 Å². The molecule has 0 fully saturated rings. The highest BCUT2D eigenvalue weighted by atomic mass is 16.5. The molecule has 1 rings (SSSR count). The minimum atomic E-state index is 0.515. The topological polar surface area (TPSA) is 39.7 Å². The second-order valence-electron chi connectivity index (χ2n) is 3.75. The lowest BCUT2D eigenvalue weighted by Gasteiger charge is -2.12. The maximum atomic E-state index is 5.56. The van der Waals surface area contributed by atoms with Crippen LogP contribution < -0.4 is 14.8 Å². The van der Waals surface area contributed by atoms with Gasteiger partial charge in [-0.25, -0.2) is 0 Å². The number of rotatable bonds is 9. The molecule has 18 heavy (non-hydrogen) atoms. The van der Waals surface area contributed by atoms with E-state index in [1.165, 1.54) is 0 Å². The Morgan fingerprint density at radius 2 is 2.06 bits per heavy atom. The van der Waals surface area contributed by atoms with Crippen LogP contribution in [0.1, 0.15) is 5.56 Å². The first-order chi connectivity index (χ1) is 8.81. The largest absolute Gasteiger partial charge is 0.493 e. The minimum Gasteiger partial charge on any atom is -0.493 e. The Kier molecular flexibility index (Phi) is 6.91. The summed E-state index contributed by atoms with van der Waals surface area (Å²) in [5, 5.41) is 3.24. The highest BCUT2D eigenvalue weighted by Gasteiger charge is 2.05. The van der Waals surface area contributed by atoms with Gasteiger partial charge in [0.2, 0.25) is 0 Å². The average Bonchev–Trinajstić information content (AvgIpc) is 2.40. The van der Waals surface area contributed by atoms with Crippen molar-refractivity contribution in [2.75, 3.05) is 34.0 Å². The lowest BCUT2D eigenvalue weighted by molar-refractivity contribution is 0.144. The summed E-state index contributed by atoms with van der Waals surface area (Å²) in [5.74, 6) is 1.48. The van der Waals surface area contributed by atoms with Crippen molar-refractivity contribution in [2.24, 2.45) is 0 Å². The van der Waals surface area contributed by atoms with Crippen LogP contribution >= 0.6 is 0 Å². The highest BCUT2D eigenvalue weighted by molar-refractivity contribution is 5.42. The van der Waals surface area contributed by atoms with Crippen LogP contribution in [0.5, 0.6) is 11.5 Å². The van der Waals surface area contributed by atoms with Crippen molar-refractivity contribution in [3.63, 3.8) is 0 Å². The average molecular weight is 251 g/mol. The highest BCUT2D eigenvalue weighted by Crippen LogP contribution is 2.27. The summed E-state index contributed by atoms with van der Waals surface area (Å²) < 4.78 is 15.8. The van der Waals surface area contributed by atoms with E-state index in [2.05, 4.69) is 11.9 Å². The van der Waals surface area contributed by atoms with Crippen LogP contribution in [0.15, 0.2) is 30.9 Å². The minimum absolute atomic E-state index is 0.515. The van der Waals surface area contributed by atoms with Gasteiger partial charge in [0.15, 0.2) is 11.5 Å². The maximum Gasteiger partial charge on any atom is 0.161 e. The van der Waals surface area contributed by atoms with Crippen molar-refractivity contribution >= 4 is 0 Å². The van der Waals surface area contributed by atoms with Crippen molar-refractivity contribution in [1.82, 2.24) is 5.32 Å². The normalized spacial score (nSPS) is 10.1. The van der Waals surface area contributed by atoms with Crippen LogP contribution in [0.2, 0.25) is 0 Å². The van der Waals surface area contributed by atoms with Gasteiger partial charge >= 0.3 is 0 Å². The molecule has 0 heterocycles. The summed E-state index contributed by atoms with van der Waals surface area (Å²) in [6.45, 7) is 6.30. The molecule has 0 saturated heterocycles. The van der Waals surface area contributed by atoms with Crippen LogP contribution in [0.25, 0.3) is 0 Å². The van der Waals surface area contributed by atoms with E-state index in [0.29, 0.717) is 13.2 Å². The van der Waals surface area contributed by atoms with E-state index in [-0.39, 0.29) is 0 Å². The SMILES string of the molecule is C=CCNCc1ccc(OCCOC)c(OC)c1. The van der Waals surface area contributed by atoms with Gasteiger partial charge in [0, 0.05) is 20.2 Å². The second kappa shape index (κ2) is 8.55. The van der Waals surface area contributed by atoms with Crippen molar-refractivity contribution in [3.05, 3.63) is 36.4 Å². The molecule has 0 spiro atoms. The molecule has 4 heteroatoms. The van der Waals surface area contributed by atoms with Crippen molar-refractivity contribution in [2.45, 2.75) is 6.54 Å². The standard InChI is InChI=1S/C14H21NO3/c1-4-7-15-11-12-5-6-13(14(10-12)17-3)18-9-8-16-2/h4-6,10,15H,1,7-9,11H2,2-3H3. The third kappa shape index (κ3) is 4.77. The summed E-state index contributed by atoms with van der Waals surface area (Å²) in [7, 11) is 3.29. The number of methoxy groups -OCH3 is 2. The molecule has 0 aliphatic carbocycles. The number of benzene rings is 1. The molecule has 0 saturated carbocycles. The van der Waals surface area contributed by atoms with Gasteiger partial charge in [-0.05, 0) is 17.7 Å². The molecule has 0 aliphatic heterocycles. The lowest BCUT2D eigenvalue weighted by Crippen LogP contribution is -2.12. The Labute approximate surface area is 109 Å². The van der Waals surface area contributed by atoms with E-state index in [1.54, 1.807) is 14.2 Å². The number of hydrogen-bond donors (Lipinski definition) is 1. The fourth-order valence-corrected chi connectivity index (χ4v) is 1.49. The van der Waals surface area contributed by atoms with E-state index in [4.69, 9.17) is 14.2 Å². The Hall–Kier alpha value is -1.52. The molecule has 0 atom stereocenters. The molecule has 100 valence electrons. The Balaban J connectivity index is 2.61. The molecule has 0 aromatic heterocycles. The van der Waals surface area contributed by atoms with E-state index in [0.717, 1.165) is 30.2 Å². The van der Waals surface area contributed by atoms with E-state index >= 15 is 0 Å². The van der Waals surface area contributed by atoms with Gasteiger partial charge in [-0.1, -0.05) is 12.1 Å². The van der Waals surface area contributed by atoms with Gasteiger partial charge in [-0.2, -0.15) is 0 Å². The molecule has 0 radical (unpaired) electrons. The van der Waals surface area contributed by atoms with E-state index in [1.807, 2.05) is 24.3 Å². The predicted octanol–water partition coefficient (Wildman–Crippen LogP) is 2.00. The zero-order chi connectivity index (χ0) is 13.2. The molecule has 0 aliphatic rings. The monoisotopic (exact) mass is 251 g/mol. The third-order valence-electron chi connectivity index (χ3n) is 2.39. The molecule has 1 aromatic carbocycles. The summed E-state index contributed by atoms with van der Waals surface area (Å²) in [6.07, 6.45) is 1.83. The van der Waals surface area contributed by atoms with Crippen molar-refractivity contribution in [3.8, 4) is 11.5 Å². The van der Waals surface area contributed by atoms with Gasteiger partial charge in [0.1, 0.15) is 6.61 Å². The Morgan fingerprint density at radius 1 is 1.22 bits per heavy atom. The zero-order valence-corrected chi connectivity index (χ0v) is 11.1. The molecular formula is C14H21NO3. The van der Waals surface area contributed by atoms with Gasteiger partial charge < -0.3 is 19.5 Å². The Morgan fingerprint density at radius 3 is 2.72 bits per heavy atom. The first-order valence-electron chi connectivity index (χ1n) is 5.92. The number of hydrogen-bond acceptors (Lipinski definition) is 4. The zero-order valence-electron chi connectivity index (χ0n) is 11.1. The Bertz CT molecular complexity index is 366. The van der Waals surface area contributed by atoms with E-state index < -0.39 is 0 Å². The van der Waals surface area contributed by atoms with Gasteiger partial charge in [-0.3, -0.25) is 0 Å². The fourth-order valence-electron chi connectivity index (χ4n) is 1.49. The molecule has 0 amide bonds. The number of ether oxygens (including phenoxy) is 3. The third-order valence-corrected chi connectivity index (χ3v) is 2.39. The smallest absolute Gasteiger partial charge is 0.161 e. The van der Waals surface area contributed by atoms with Gasteiger partial charge in [0.05, 0.1) is 13.7 Å². The molecule has 4 nitrogen and oxygen atoms in total. The molecule has 1 N–H and O–H groups in total. The summed E-state index contributed by atoms with van der Waals surface area (Å²) in [6, 6.07) is 5.90. The van der Waals surface area contributed by atoms with Gasteiger partial charge in [0.25, 0.3) is 0 Å². The quantitative estimate of drug-likeness (QED) is 0.538. The van der Waals surface area contributed by atoms with Crippen LogP contribution in [0, 0.1) is 0 Å². The lowest BCUT2D eigenvalue weighted by atomic mass is 10.2. The fraction of sp³-hybridized carbons (Fsp3) is 0.429. The van der Waals surface area contributed by atoms with Crippen LogP contribution in [-0.2, 0) is 11.3 Å². The first kappa shape index (κ1) is 14.5. The van der Waals surface area contributed by atoms with E-state index in [9.17, 15) is 0 Å². The molecular weight excluding hydrogens is 230 g/mol. The van der Waals surface area contributed by atoms with Crippen LogP contribution in [0.3, 0.4) is 0 Å². The number of nitrogens with one attached hydrogen (secondary N) is 1. The van der Waals surface area contributed by atoms with Crippen LogP contribution in [-0.4, -0.2) is 34.0 Å². The first-order valence-corrected chi connectivity index (χ1v) is 5.92. The summed E-state index contributed by atoms with van der Waals surface area (Å²) in [5.41, 5.74) is 1.15. The second-order valence-corrected chi connectivity index (χ2v) is 3.75.